The highest BCUT2D eigenvalue weighted by molar-refractivity contribution is 7.90. The van der Waals surface area contributed by atoms with Gasteiger partial charge < -0.3 is 19.8 Å². The number of anilines is 2. The molecule has 2 aromatic carbocycles. The van der Waals surface area contributed by atoms with Gasteiger partial charge in [0.25, 0.3) is 0 Å². The van der Waals surface area contributed by atoms with Gasteiger partial charge in [-0.15, -0.1) is 0 Å². The molecule has 1 aliphatic heterocycles. The first-order valence-electron chi connectivity index (χ1n) is 7.35. The molecule has 0 aliphatic carbocycles. The van der Waals surface area contributed by atoms with Crippen LogP contribution >= 0.6 is 0 Å². The van der Waals surface area contributed by atoms with Crippen molar-refractivity contribution in [2.24, 2.45) is 0 Å². The van der Waals surface area contributed by atoms with E-state index in [-0.39, 0.29) is 4.90 Å². The quantitative estimate of drug-likeness (QED) is 0.757. The summed E-state index contributed by atoms with van der Waals surface area (Å²) in [6, 6.07) is 10.2. The highest BCUT2D eigenvalue weighted by Crippen LogP contribution is 2.34. The minimum atomic E-state index is -3.26. The lowest BCUT2D eigenvalue weighted by Gasteiger charge is -2.17. The van der Waals surface area contributed by atoms with Crippen molar-refractivity contribution in [3.05, 3.63) is 36.4 Å². The van der Waals surface area contributed by atoms with Crippen molar-refractivity contribution in [3.63, 3.8) is 0 Å². The molecule has 8 heteroatoms. The summed E-state index contributed by atoms with van der Waals surface area (Å²) in [6.07, 6.45) is 1.18. The number of ether oxygens (including phenoxy) is 2. The van der Waals surface area contributed by atoms with Crippen molar-refractivity contribution in [2.75, 3.05) is 24.8 Å². The Balaban J connectivity index is 1.68. The standard InChI is InChI=1S/C16H15N3O4S/c1-24(20,21)11-4-2-3-10(7-11)17-16-18-12-8-14-15(9-13(12)19-16)23-6-5-22-14/h2-4,7-9H,5-6H2,1H3,(H2,17,18,19). The Morgan fingerprint density at radius 1 is 1.12 bits per heavy atom. The minimum absolute atomic E-state index is 0.251. The second-order valence-corrected chi connectivity index (χ2v) is 7.54. The zero-order chi connectivity index (χ0) is 16.7. The van der Waals surface area contributed by atoms with Crippen molar-refractivity contribution >= 4 is 32.5 Å². The average Bonchev–Trinajstić information content (AvgIpc) is 2.93. The van der Waals surface area contributed by atoms with E-state index in [1.165, 1.54) is 6.26 Å². The second-order valence-electron chi connectivity index (χ2n) is 5.52. The zero-order valence-electron chi connectivity index (χ0n) is 12.9. The minimum Gasteiger partial charge on any atom is -0.486 e. The number of sulfone groups is 1. The maximum atomic E-state index is 11.6. The van der Waals surface area contributed by atoms with Crippen LogP contribution < -0.4 is 14.8 Å². The molecule has 1 aliphatic rings. The van der Waals surface area contributed by atoms with Crippen LogP contribution in [0, 0.1) is 0 Å². The van der Waals surface area contributed by atoms with Crippen LogP contribution in [0.2, 0.25) is 0 Å². The van der Waals surface area contributed by atoms with Crippen LogP contribution in [0.3, 0.4) is 0 Å². The molecular formula is C16H15N3O4S. The first-order chi connectivity index (χ1) is 11.5. The molecule has 1 aromatic heterocycles. The van der Waals surface area contributed by atoms with Crippen LogP contribution in [0.1, 0.15) is 0 Å². The zero-order valence-corrected chi connectivity index (χ0v) is 13.7. The molecule has 0 radical (unpaired) electrons. The number of hydrogen-bond donors (Lipinski definition) is 2. The van der Waals surface area contributed by atoms with Crippen LogP contribution in [-0.4, -0.2) is 37.9 Å². The SMILES string of the molecule is CS(=O)(=O)c1cccc(Nc2nc3cc4c(cc3[nH]2)OCCO4)c1. The number of fused-ring (bicyclic) bond motifs is 2. The number of hydrogen-bond acceptors (Lipinski definition) is 6. The van der Waals surface area contributed by atoms with Gasteiger partial charge in [-0.1, -0.05) is 6.07 Å². The third-order valence-corrected chi connectivity index (χ3v) is 4.78. The maximum Gasteiger partial charge on any atom is 0.205 e. The second kappa shape index (κ2) is 5.41. The van der Waals surface area contributed by atoms with Gasteiger partial charge in [-0.2, -0.15) is 0 Å². The van der Waals surface area contributed by atoms with Gasteiger partial charge in [0.15, 0.2) is 21.3 Å². The van der Waals surface area contributed by atoms with Crippen LogP contribution in [0.4, 0.5) is 11.6 Å². The summed E-state index contributed by atoms with van der Waals surface area (Å²) in [4.78, 5) is 7.85. The molecule has 4 rings (SSSR count). The third-order valence-electron chi connectivity index (χ3n) is 3.67. The molecule has 24 heavy (non-hydrogen) atoms. The first-order valence-corrected chi connectivity index (χ1v) is 9.25. The number of rotatable bonds is 3. The fraction of sp³-hybridized carbons (Fsp3) is 0.188. The van der Waals surface area contributed by atoms with Gasteiger partial charge in [-0.3, -0.25) is 0 Å². The molecule has 0 fully saturated rings. The summed E-state index contributed by atoms with van der Waals surface area (Å²) in [5, 5.41) is 3.08. The lowest BCUT2D eigenvalue weighted by atomic mass is 10.2. The summed E-state index contributed by atoms with van der Waals surface area (Å²) in [5.74, 6) is 1.87. The molecule has 2 heterocycles. The molecule has 0 saturated heterocycles. The van der Waals surface area contributed by atoms with Crippen molar-refractivity contribution < 1.29 is 17.9 Å². The molecule has 0 saturated carbocycles. The number of aromatic amines is 1. The number of nitrogens with zero attached hydrogens (tertiary/aromatic N) is 1. The Morgan fingerprint density at radius 2 is 1.88 bits per heavy atom. The Bertz CT molecular complexity index is 984. The van der Waals surface area contributed by atoms with Crippen LogP contribution in [-0.2, 0) is 9.84 Å². The predicted octanol–water partition coefficient (Wildman–Crippen LogP) is 2.48. The normalized spacial score (nSPS) is 13.9. The monoisotopic (exact) mass is 345 g/mol. The van der Waals surface area contributed by atoms with Crippen molar-refractivity contribution in [1.29, 1.82) is 0 Å². The van der Waals surface area contributed by atoms with Gasteiger partial charge in [-0.25, -0.2) is 13.4 Å². The van der Waals surface area contributed by atoms with E-state index in [1.807, 2.05) is 12.1 Å². The molecule has 0 amide bonds. The highest BCUT2D eigenvalue weighted by atomic mass is 32.2. The van der Waals surface area contributed by atoms with E-state index >= 15 is 0 Å². The van der Waals surface area contributed by atoms with Gasteiger partial charge in [0, 0.05) is 24.1 Å². The van der Waals surface area contributed by atoms with E-state index in [0.29, 0.717) is 36.3 Å². The van der Waals surface area contributed by atoms with E-state index in [9.17, 15) is 8.42 Å². The highest BCUT2D eigenvalue weighted by Gasteiger charge is 2.15. The maximum absolute atomic E-state index is 11.6. The Hall–Kier alpha value is -2.74. The van der Waals surface area contributed by atoms with Crippen LogP contribution in [0.15, 0.2) is 41.3 Å². The van der Waals surface area contributed by atoms with Gasteiger partial charge in [-0.05, 0) is 18.2 Å². The lowest BCUT2D eigenvalue weighted by molar-refractivity contribution is 0.172. The molecule has 0 unspecified atom stereocenters. The summed E-state index contributed by atoms with van der Waals surface area (Å²) in [6.45, 7) is 1.04. The van der Waals surface area contributed by atoms with E-state index in [2.05, 4.69) is 15.3 Å². The molecule has 0 spiro atoms. The van der Waals surface area contributed by atoms with Crippen molar-refractivity contribution in [2.45, 2.75) is 4.90 Å². The molecule has 0 bridgehead atoms. The van der Waals surface area contributed by atoms with E-state index in [0.717, 1.165) is 11.0 Å². The predicted molar refractivity (Wildman–Crippen MR) is 89.9 cm³/mol. The smallest absolute Gasteiger partial charge is 0.205 e. The Morgan fingerprint density at radius 3 is 2.62 bits per heavy atom. The van der Waals surface area contributed by atoms with Crippen LogP contribution in [0.25, 0.3) is 11.0 Å². The summed E-state index contributed by atoms with van der Waals surface area (Å²) in [5.41, 5.74) is 2.18. The van der Waals surface area contributed by atoms with E-state index in [4.69, 9.17) is 9.47 Å². The number of imidazole rings is 1. The largest absolute Gasteiger partial charge is 0.486 e. The van der Waals surface area contributed by atoms with Crippen LogP contribution in [0.5, 0.6) is 11.5 Å². The first kappa shape index (κ1) is 14.8. The fourth-order valence-corrected chi connectivity index (χ4v) is 3.21. The van der Waals surface area contributed by atoms with Crippen molar-refractivity contribution in [3.8, 4) is 11.5 Å². The topological polar surface area (TPSA) is 93.3 Å². The molecule has 124 valence electrons. The summed E-state index contributed by atoms with van der Waals surface area (Å²) in [7, 11) is -3.26. The van der Waals surface area contributed by atoms with Gasteiger partial charge >= 0.3 is 0 Å². The lowest BCUT2D eigenvalue weighted by Crippen LogP contribution is -2.15. The van der Waals surface area contributed by atoms with Crippen molar-refractivity contribution in [1.82, 2.24) is 9.97 Å². The van der Waals surface area contributed by atoms with E-state index in [1.54, 1.807) is 24.3 Å². The third kappa shape index (κ3) is 2.76. The summed E-state index contributed by atoms with van der Waals surface area (Å²) < 4.78 is 34.4. The molecule has 2 N–H and O–H groups in total. The number of nitrogens with one attached hydrogen (secondary N) is 2. The molecular weight excluding hydrogens is 330 g/mol. The molecule has 7 nitrogen and oxygen atoms in total. The average molecular weight is 345 g/mol. The molecule has 0 atom stereocenters. The van der Waals surface area contributed by atoms with E-state index < -0.39 is 9.84 Å². The number of H-pyrrole nitrogens is 1. The number of aromatic nitrogens is 2. The van der Waals surface area contributed by atoms with Gasteiger partial charge in [0.2, 0.25) is 5.95 Å². The number of benzene rings is 2. The molecule has 3 aromatic rings. The Kier molecular flexibility index (Phi) is 3.34. The Labute approximate surface area is 138 Å². The van der Waals surface area contributed by atoms with Gasteiger partial charge in [0.05, 0.1) is 15.9 Å². The summed E-state index contributed by atoms with van der Waals surface area (Å²) >= 11 is 0. The van der Waals surface area contributed by atoms with Gasteiger partial charge in [0.1, 0.15) is 13.2 Å². The fourth-order valence-electron chi connectivity index (χ4n) is 2.55.